The van der Waals surface area contributed by atoms with Crippen LogP contribution in [0.4, 0.5) is 29.3 Å². The fourth-order valence-electron chi connectivity index (χ4n) is 2.62. The second kappa shape index (κ2) is 8.37. The van der Waals surface area contributed by atoms with Gasteiger partial charge in [-0.1, -0.05) is 18.2 Å². The van der Waals surface area contributed by atoms with Gasteiger partial charge in [-0.2, -0.15) is 0 Å². The van der Waals surface area contributed by atoms with Crippen LogP contribution in [0.15, 0.2) is 48.5 Å². The maximum absolute atomic E-state index is 12.6. The first-order valence-corrected chi connectivity index (χ1v) is 7.65. The third-order valence-electron chi connectivity index (χ3n) is 3.87. The Balaban J connectivity index is 0.00000117. The van der Waals surface area contributed by atoms with Crippen LogP contribution in [-0.2, 0) is 0 Å². The van der Waals surface area contributed by atoms with Gasteiger partial charge in [-0.15, -0.1) is 0 Å². The average molecular weight is 366 g/mol. The summed E-state index contributed by atoms with van der Waals surface area (Å²) in [5.74, 6) is -1.07. The van der Waals surface area contributed by atoms with Crippen molar-refractivity contribution >= 4 is 23.4 Å². The van der Waals surface area contributed by atoms with Gasteiger partial charge in [0.05, 0.1) is 12.7 Å². The SMILES string of the molecule is CF.O=C(O)c1cccc(N2CCN(c3ccc(C(F)F)cc3)C2=O)c1. The van der Waals surface area contributed by atoms with Crippen LogP contribution in [-0.4, -0.2) is 37.4 Å². The lowest BCUT2D eigenvalue weighted by Gasteiger charge is -2.19. The fourth-order valence-corrected chi connectivity index (χ4v) is 2.62. The molecule has 1 N–H and O–H groups in total. The first-order chi connectivity index (χ1) is 12.5. The number of anilines is 2. The number of carbonyl (C=O) groups excluding carboxylic acids is 1. The number of nitrogens with zero attached hydrogens (tertiary/aromatic N) is 2. The van der Waals surface area contributed by atoms with Crippen molar-refractivity contribution in [3.8, 4) is 0 Å². The highest BCUT2D eigenvalue weighted by molar-refractivity contribution is 6.06. The summed E-state index contributed by atoms with van der Waals surface area (Å²) in [6.45, 7) is 0.780. The van der Waals surface area contributed by atoms with Gasteiger partial charge in [-0.05, 0) is 30.3 Å². The highest BCUT2D eigenvalue weighted by atomic mass is 19.3. The monoisotopic (exact) mass is 366 g/mol. The molecule has 0 spiro atoms. The predicted octanol–water partition coefficient (Wildman–Crippen LogP) is 4.35. The zero-order chi connectivity index (χ0) is 19.3. The van der Waals surface area contributed by atoms with Gasteiger partial charge in [0, 0.05) is 30.0 Å². The van der Waals surface area contributed by atoms with Gasteiger partial charge in [0.2, 0.25) is 0 Å². The Hall–Kier alpha value is -3.03. The molecule has 0 aliphatic carbocycles. The molecule has 8 heteroatoms. The third-order valence-corrected chi connectivity index (χ3v) is 3.87. The zero-order valence-corrected chi connectivity index (χ0v) is 13.9. The van der Waals surface area contributed by atoms with E-state index in [1.54, 1.807) is 12.1 Å². The van der Waals surface area contributed by atoms with E-state index in [0.29, 0.717) is 31.6 Å². The van der Waals surface area contributed by atoms with Gasteiger partial charge >= 0.3 is 12.0 Å². The highest BCUT2D eigenvalue weighted by Gasteiger charge is 2.31. The van der Waals surface area contributed by atoms with E-state index in [1.807, 2.05) is 0 Å². The molecule has 1 heterocycles. The van der Waals surface area contributed by atoms with E-state index in [2.05, 4.69) is 0 Å². The van der Waals surface area contributed by atoms with Gasteiger partial charge in [-0.3, -0.25) is 14.2 Å². The first-order valence-electron chi connectivity index (χ1n) is 7.65. The zero-order valence-electron chi connectivity index (χ0n) is 13.9. The largest absolute Gasteiger partial charge is 0.478 e. The van der Waals surface area contributed by atoms with Crippen LogP contribution in [0.25, 0.3) is 0 Å². The molecule has 1 aliphatic rings. The summed E-state index contributed by atoms with van der Waals surface area (Å²) in [5, 5.41) is 9.04. The summed E-state index contributed by atoms with van der Waals surface area (Å²) in [7, 11) is 0.500. The van der Waals surface area contributed by atoms with Gasteiger partial charge in [0.15, 0.2) is 0 Å². The van der Waals surface area contributed by atoms with Crippen molar-refractivity contribution in [3.63, 3.8) is 0 Å². The normalized spacial score (nSPS) is 13.7. The maximum atomic E-state index is 12.6. The van der Waals surface area contributed by atoms with Crippen molar-refractivity contribution in [1.29, 1.82) is 0 Å². The smallest absolute Gasteiger partial charge is 0.335 e. The van der Waals surface area contributed by atoms with Crippen molar-refractivity contribution in [1.82, 2.24) is 0 Å². The minimum atomic E-state index is -2.55. The van der Waals surface area contributed by atoms with Crippen LogP contribution in [0.1, 0.15) is 22.3 Å². The minimum Gasteiger partial charge on any atom is -0.478 e. The lowest BCUT2D eigenvalue weighted by molar-refractivity contribution is 0.0697. The Labute approximate surface area is 148 Å². The topological polar surface area (TPSA) is 60.9 Å². The van der Waals surface area contributed by atoms with E-state index in [0.717, 1.165) is 0 Å². The number of halogens is 3. The molecule has 1 aliphatic heterocycles. The van der Waals surface area contributed by atoms with Crippen LogP contribution in [0, 0.1) is 0 Å². The molecule has 0 unspecified atom stereocenters. The number of aromatic carboxylic acids is 1. The van der Waals surface area contributed by atoms with E-state index in [-0.39, 0.29) is 17.2 Å². The van der Waals surface area contributed by atoms with Crippen molar-refractivity contribution in [2.75, 3.05) is 30.1 Å². The summed E-state index contributed by atoms with van der Waals surface area (Å²) >= 11 is 0. The first kappa shape index (κ1) is 19.3. The Morgan fingerprint density at radius 2 is 1.58 bits per heavy atom. The van der Waals surface area contributed by atoms with Crippen LogP contribution in [0.3, 0.4) is 0 Å². The Morgan fingerprint density at radius 3 is 2.12 bits per heavy atom. The second-order valence-electron chi connectivity index (χ2n) is 5.33. The number of carboxylic acid groups (broad SMARTS) is 1. The number of carbonyl (C=O) groups is 2. The van der Waals surface area contributed by atoms with Gasteiger partial charge in [0.25, 0.3) is 6.43 Å². The molecule has 0 radical (unpaired) electrons. The van der Waals surface area contributed by atoms with E-state index in [4.69, 9.17) is 5.11 Å². The van der Waals surface area contributed by atoms with Crippen LogP contribution in [0.2, 0.25) is 0 Å². The van der Waals surface area contributed by atoms with E-state index >= 15 is 0 Å². The molecule has 5 nitrogen and oxygen atoms in total. The summed E-state index contributed by atoms with van der Waals surface area (Å²) in [5.41, 5.74) is 1.02. The van der Waals surface area contributed by atoms with Crippen molar-refractivity contribution in [2.45, 2.75) is 6.43 Å². The van der Waals surface area contributed by atoms with Crippen molar-refractivity contribution < 1.29 is 27.9 Å². The molecule has 2 aromatic carbocycles. The third kappa shape index (κ3) is 3.96. The van der Waals surface area contributed by atoms with Crippen molar-refractivity contribution in [2.24, 2.45) is 0 Å². The summed E-state index contributed by atoms with van der Waals surface area (Å²) in [4.78, 5) is 26.6. The standard InChI is InChI=1S/C17H14F2N2O3.CH3F/c18-15(19)11-4-6-13(7-5-11)20-8-9-21(17(20)24)14-3-1-2-12(10-14)16(22)23;1-2/h1-7,10,15H,8-9H2,(H,22,23);1H3. The van der Waals surface area contributed by atoms with E-state index in [1.165, 1.54) is 46.2 Å². The molecule has 0 aromatic heterocycles. The summed E-state index contributed by atoms with van der Waals surface area (Å²) in [6.07, 6.45) is -2.55. The molecular weight excluding hydrogens is 349 g/mol. The predicted molar refractivity (Wildman–Crippen MR) is 91.9 cm³/mol. The van der Waals surface area contributed by atoms with Gasteiger partial charge < -0.3 is 5.11 Å². The maximum Gasteiger partial charge on any atom is 0.335 e. The van der Waals surface area contributed by atoms with Crippen molar-refractivity contribution in [3.05, 3.63) is 59.7 Å². The molecule has 3 rings (SSSR count). The molecule has 0 bridgehead atoms. The van der Waals surface area contributed by atoms with Crippen LogP contribution < -0.4 is 9.80 Å². The molecule has 2 amide bonds. The number of urea groups is 1. The molecule has 2 aromatic rings. The number of hydrogen-bond donors (Lipinski definition) is 1. The molecule has 1 saturated heterocycles. The average Bonchev–Trinajstić information content (AvgIpc) is 3.05. The molecule has 26 heavy (non-hydrogen) atoms. The Morgan fingerprint density at radius 1 is 1.00 bits per heavy atom. The lowest BCUT2D eigenvalue weighted by atomic mass is 10.2. The molecule has 0 atom stereocenters. The summed E-state index contributed by atoms with van der Waals surface area (Å²) < 4.78 is 34.7. The molecule has 138 valence electrons. The number of rotatable bonds is 4. The Kier molecular flexibility index (Phi) is 6.21. The van der Waals surface area contributed by atoms with Gasteiger partial charge in [-0.25, -0.2) is 18.4 Å². The number of benzene rings is 2. The second-order valence-corrected chi connectivity index (χ2v) is 5.33. The van der Waals surface area contributed by atoms with E-state index in [9.17, 15) is 22.8 Å². The number of carboxylic acids is 1. The quantitative estimate of drug-likeness (QED) is 0.875. The number of alkyl halides is 3. The lowest BCUT2D eigenvalue weighted by Crippen LogP contribution is -2.31. The number of amides is 2. The number of hydrogen-bond acceptors (Lipinski definition) is 2. The van der Waals surface area contributed by atoms with Crippen LogP contribution in [0.5, 0.6) is 0 Å². The minimum absolute atomic E-state index is 0.0973. The highest BCUT2D eigenvalue weighted by Crippen LogP contribution is 2.27. The van der Waals surface area contributed by atoms with Gasteiger partial charge in [0.1, 0.15) is 0 Å². The fraction of sp³-hybridized carbons (Fsp3) is 0.222. The molecular formula is C18H17F3N2O3. The Bertz CT molecular complexity index is 782. The van der Waals surface area contributed by atoms with Crippen LogP contribution >= 0.6 is 0 Å². The molecule has 0 saturated carbocycles. The summed E-state index contributed by atoms with van der Waals surface area (Å²) in [6, 6.07) is 11.4. The van der Waals surface area contributed by atoms with E-state index < -0.39 is 12.4 Å². The molecule has 1 fully saturated rings.